The second-order valence-electron chi connectivity index (χ2n) is 2.95. The predicted molar refractivity (Wildman–Crippen MR) is 44.8 cm³/mol. The third kappa shape index (κ3) is 1.97. The van der Waals surface area contributed by atoms with E-state index < -0.39 is 6.29 Å². The summed E-state index contributed by atoms with van der Waals surface area (Å²) in [7, 11) is 1.88. The second-order valence-corrected chi connectivity index (χ2v) is 2.95. The lowest BCUT2D eigenvalue weighted by Crippen LogP contribution is -2.21. The molecule has 0 fully saturated rings. The number of ether oxygens (including phenoxy) is 1. The summed E-state index contributed by atoms with van der Waals surface area (Å²) < 4.78 is 4.96. The number of aliphatic hydroxyl groups is 2. The second kappa shape index (κ2) is 3.89. The lowest BCUT2D eigenvalue weighted by atomic mass is 10.2. The number of likely N-dealkylation sites (N-methyl/N-ethyl adjacent to an activating group) is 1. The number of hydrogen-bond acceptors (Lipinski definition) is 4. The van der Waals surface area contributed by atoms with E-state index in [4.69, 9.17) is 4.74 Å². The Kier molecular flexibility index (Phi) is 3.08. The van der Waals surface area contributed by atoms with E-state index in [1.165, 1.54) is 0 Å². The molecule has 1 aliphatic heterocycles. The highest BCUT2D eigenvalue weighted by Gasteiger charge is 2.24. The van der Waals surface area contributed by atoms with Gasteiger partial charge in [-0.15, -0.1) is 0 Å². The molecule has 1 atom stereocenters. The first-order valence-corrected chi connectivity index (χ1v) is 4.04. The van der Waals surface area contributed by atoms with Gasteiger partial charge in [0, 0.05) is 18.7 Å². The molecular weight excluding hydrogens is 158 g/mol. The van der Waals surface area contributed by atoms with E-state index in [0.717, 1.165) is 0 Å². The minimum Gasteiger partial charge on any atom is -0.511 e. The van der Waals surface area contributed by atoms with E-state index in [2.05, 4.69) is 0 Å². The Hall–Kier alpha value is -0.580. The molecular formula is C8H15NO3. The minimum absolute atomic E-state index is 0.235. The molecule has 12 heavy (non-hydrogen) atoms. The standard InChI is InChI=1S/C8H15NO3/c1-3-12-8(11)6-4-9(2)5-7(6)10/h8,10-11H,3-5H2,1-2H3. The van der Waals surface area contributed by atoms with Crippen molar-refractivity contribution in [1.82, 2.24) is 4.90 Å². The number of hydrogen-bond donors (Lipinski definition) is 2. The smallest absolute Gasteiger partial charge is 0.181 e. The number of aliphatic hydroxyl groups excluding tert-OH is 2. The lowest BCUT2D eigenvalue weighted by Gasteiger charge is -2.12. The Morgan fingerprint density at radius 2 is 2.25 bits per heavy atom. The molecule has 0 saturated heterocycles. The molecule has 0 spiro atoms. The summed E-state index contributed by atoms with van der Waals surface area (Å²) in [6, 6.07) is 0. The normalized spacial score (nSPS) is 21.9. The van der Waals surface area contributed by atoms with Gasteiger partial charge in [-0.3, -0.25) is 4.90 Å². The molecule has 0 aromatic rings. The van der Waals surface area contributed by atoms with Gasteiger partial charge in [-0.2, -0.15) is 0 Å². The highest BCUT2D eigenvalue weighted by atomic mass is 16.6. The van der Waals surface area contributed by atoms with Gasteiger partial charge in [-0.1, -0.05) is 0 Å². The van der Waals surface area contributed by atoms with Crippen LogP contribution in [0.3, 0.4) is 0 Å². The molecule has 1 heterocycles. The minimum atomic E-state index is -0.944. The molecule has 0 bridgehead atoms. The molecule has 1 rings (SSSR count). The van der Waals surface area contributed by atoms with E-state index in [-0.39, 0.29) is 5.76 Å². The van der Waals surface area contributed by atoms with E-state index in [1.54, 1.807) is 6.92 Å². The first kappa shape index (κ1) is 9.51. The third-order valence-corrected chi connectivity index (χ3v) is 1.85. The fourth-order valence-corrected chi connectivity index (χ4v) is 1.27. The van der Waals surface area contributed by atoms with E-state index in [1.807, 2.05) is 11.9 Å². The first-order chi connectivity index (χ1) is 5.65. The molecule has 4 heteroatoms. The van der Waals surface area contributed by atoms with Crippen molar-refractivity contribution in [3.63, 3.8) is 0 Å². The van der Waals surface area contributed by atoms with Crippen LogP contribution in [0.15, 0.2) is 11.3 Å². The lowest BCUT2D eigenvalue weighted by molar-refractivity contribution is -0.0698. The van der Waals surface area contributed by atoms with Crippen LogP contribution < -0.4 is 0 Å². The summed E-state index contributed by atoms with van der Waals surface area (Å²) in [5, 5.41) is 18.7. The summed E-state index contributed by atoms with van der Waals surface area (Å²) in [5.41, 5.74) is 0.583. The fraction of sp³-hybridized carbons (Fsp3) is 0.750. The maximum atomic E-state index is 9.37. The van der Waals surface area contributed by atoms with Crippen LogP contribution in [0.1, 0.15) is 6.92 Å². The highest BCUT2D eigenvalue weighted by molar-refractivity contribution is 5.18. The quantitative estimate of drug-likeness (QED) is 0.594. The van der Waals surface area contributed by atoms with Crippen LogP contribution in [0.25, 0.3) is 0 Å². The Morgan fingerprint density at radius 3 is 2.67 bits per heavy atom. The van der Waals surface area contributed by atoms with Crippen molar-refractivity contribution >= 4 is 0 Å². The van der Waals surface area contributed by atoms with E-state index >= 15 is 0 Å². The van der Waals surface area contributed by atoms with Crippen molar-refractivity contribution in [3.8, 4) is 0 Å². The molecule has 0 aromatic heterocycles. The molecule has 0 saturated carbocycles. The molecule has 2 N–H and O–H groups in total. The summed E-state index contributed by atoms with van der Waals surface area (Å²) >= 11 is 0. The van der Waals surface area contributed by atoms with Gasteiger partial charge in [0.15, 0.2) is 6.29 Å². The largest absolute Gasteiger partial charge is 0.511 e. The average Bonchev–Trinajstić information content (AvgIpc) is 2.30. The van der Waals surface area contributed by atoms with Crippen molar-refractivity contribution in [2.24, 2.45) is 0 Å². The Morgan fingerprint density at radius 1 is 1.58 bits per heavy atom. The molecule has 0 aromatic carbocycles. The zero-order valence-corrected chi connectivity index (χ0v) is 7.45. The zero-order valence-electron chi connectivity index (χ0n) is 7.45. The van der Waals surface area contributed by atoms with Crippen molar-refractivity contribution < 1.29 is 14.9 Å². The van der Waals surface area contributed by atoms with Crippen LogP contribution >= 0.6 is 0 Å². The maximum Gasteiger partial charge on any atom is 0.181 e. The summed E-state index contributed by atoms with van der Waals surface area (Å²) in [5.74, 6) is 0.235. The summed E-state index contributed by atoms with van der Waals surface area (Å²) in [4.78, 5) is 1.91. The monoisotopic (exact) mass is 173 g/mol. The summed E-state index contributed by atoms with van der Waals surface area (Å²) in [6.45, 7) is 3.33. The SMILES string of the molecule is CCOC(O)C1=C(O)CN(C)C1. The van der Waals surface area contributed by atoms with Crippen LogP contribution in [0.4, 0.5) is 0 Å². The van der Waals surface area contributed by atoms with E-state index in [0.29, 0.717) is 25.3 Å². The predicted octanol–water partition coefficient (Wildman–Crippen LogP) is 0.0988. The highest BCUT2D eigenvalue weighted by Crippen LogP contribution is 2.17. The molecule has 1 unspecified atom stereocenters. The average molecular weight is 173 g/mol. The van der Waals surface area contributed by atoms with Crippen molar-refractivity contribution in [3.05, 3.63) is 11.3 Å². The van der Waals surface area contributed by atoms with Gasteiger partial charge in [0.05, 0.1) is 6.54 Å². The van der Waals surface area contributed by atoms with Crippen LogP contribution in [0, 0.1) is 0 Å². The fourth-order valence-electron chi connectivity index (χ4n) is 1.27. The van der Waals surface area contributed by atoms with Crippen LogP contribution in [0.5, 0.6) is 0 Å². The molecule has 70 valence electrons. The first-order valence-electron chi connectivity index (χ1n) is 4.04. The maximum absolute atomic E-state index is 9.37. The van der Waals surface area contributed by atoms with E-state index in [9.17, 15) is 10.2 Å². The van der Waals surface area contributed by atoms with Gasteiger partial charge < -0.3 is 14.9 Å². The Labute approximate surface area is 72.1 Å². The third-order valence-electron chi connectivity index (χ3n) is 1.85. The van der Waals surface area contributed by atoms with Gasteiger partial charge in [0.1, 0.15) is 5.76 Å². The molecule has 1 aliphatic rings. The van der Waals surface area contributed by atoms with Gasteiger partial charge in [-0.25, -0.2) is 0 Å². The van der Waals surface area contributed by atoms with Crippen LogP contribution in [-0.2, 0) is 4.74 Å². The number of rotatable bonds is 3. The topological polar surface area (TPSA) is 52.9 Å². The Balaban J connectivity index is 2.56. The van der Waals surface area contributed by atoms with Crippen LogP contribution in [0.2, 0.25) is 0 Å². The van der Waals surface area contributed by atoms with Crippen molar-refractivity contribution in [1.29, 1.82) is 0 Å². The Bertz CT molecular complexity index is 191. The molecule has 4 nitrogen and oxygen atoms in total. The van der Waals surface area contributed by atoms with Crippen molar-refractivity contribution in [2.75, 3.05) is 26.7 Å². The van der Waals surface area contributed by atoms with Gasteiger partial charge in [0.2, 0.25) is 0 Å². The summed E-state index contributed by atoms with van der Waals surface area (Å²) in [6.07, 6.45) is -0.944. The zero-order chi connectivity index (χ0) is 9.14. The number of nitrogens with zero attached hydrogens (tertiary/aromatic N) is 1. The van der Waals surface area contributed by atoms with Gasteiger partial charge >= 0.3 is 0 Å². The molecule has 0 amide bonds. The van der Waals surface area contributed by atoms with Gasteiger partial charge in [0.25, 0.3) is 0 Å². The van der Waals surface area contributed by atoms with Crippen LogP contribution in [-0.4, -0.2) is 48.1 Å². The van der Waals surface area contributed by atoms with Crippen molar-refractivity contribution in [2.45, 2.75) is 13.2 Å². The van der Waals surface area contributed by atoms with Gasteiger partial charge in [-0.05, 0) is 14.0 Å². The molecule has 0 radical (unpaired) electrons. The molecule has 0 aliphatic carbocycles.